The molecule has 0 spiro atoms. The van der Waals surface area contributed by atoms with Gasteiger partial charge in [-0.05, 0) is 58.5 Å². The molecule has 0 saturated carbocycles. The van der Waals surface area contributed by atoms with E-state index in [1.54, 1.807) is 11.3 Å². The average molecular weight is 332 g/mol. The number of fused-ring (bicyclic) bond motifs is 1. The molecule has 0 bridgehead atoms. The predicted molar refractivity (Wildman–Crippen MR) is 74.8 cm³/mol. The molecule has 0 atom stereocenters. The van der Waals surface area contributed by atoms with Gasteiger partial charge in [-0.1, -0.05) is 13.3 Å². The molecule has 0 saturated heterocycles. The maximum absolute atomic E-state index is 10.0. The Hall–Kier alpha value is -0.290. The van der Waals surface area contributed by atoms with Crippen LogP contribution in [-0.4, -0.2) is 5.11 Å². The fourth-order valence-electron chi connectivity index (χ4n) is 1.67. The van der Waals surface area contributed by atoms with Gasteiger partial charge in [0.1, 0.15) is 5.75 Å². The molecule has 1 aromatic heterocycles. The quantitative estimate of drug-likeness (QED) is 0.818. The van der Waals surface area contributed by atoms with Crippen LogP contribution in [0.2, 0.25) is 0 Å². The van der Waals surface area contributed by atoms with Crippen LogP contribution in [0.3, 0.4) is 0 Å². The first-order valence-electron chi connectivity index (χ1n) is 5.11. The molecule has 0 fully saturated rings. The third-order valence-electron chi connectivity index (χ3n) is 2.55. The molecule has 1 aromatic carbocycles. The number of unbranched alkanes of at least 4 members (excludes halogenated alkanes) is 1. The summed E-state index contributed by atoms with van der Waals surface area (Å²) in [6, 6.07) is 4.21. The molecule has 2 aromatic rings. The number of thiophene rings is 1. The molecule has 1 nitrogen and oxygen atoms in total. The Balaban J connectivity index is 2.50. The number of phenolic OH excluding ortho intramolecular Hbond substituents is 1. The molecule has 3 heteroatoms. The van der Waals surface area contributed by atoms with Crippen LogP contribution in [0.25, 0.3) is 10.1 Å². The van der Waals surface area contributed by atoms with E-state index in [9.17, 15) is 5.11 Å². The summed E-state index contributed by atoms with van der Waals surface area (Å²) in [6.07, 6.45) is 3.28. The third-order valence-corrected chi connectivity index (χ3v) is 4.50. The van der Waals surface area contributed by atoms with Crippen molar-refractivity contribution in [2.75, 3.05) is 0 Å². The lowest BCUT2D eigenvalue weighted by molar-refractivity contribution is 0.464. The Labute approximate surface area is 107 Å². The number of halogens is 1. The second-order valence-electron chi connectivity index (χ2n) is 3.63. The van der Waals surface area contributed by atoms with E-state index in [0.717, 1.165) is 22.0 Å². The van der Waals surface area contributed by atoms with Gasteiger partial charge in [0, 0.05) is 10.1 Å². The number of phenols is 1. The number of hydrogen-bond acceptors (Lipinski definition) is 2. The summed E-state index contributed by atoms with van der Waals surface area (Å²) in [5.74, 6) is 0.481. The molecule has 0 aliphatic carbocycles. The highest BCUT2D eigenvalue weighted by Gasteiger charge is 2.10. The highest BCUT2D eigenvalue weighted by molar-refractivity contribution is 14.1. The van der Waals surface area contributed by atoms with E-state index in [-0.39, 0.29) is 0 Å². The van der Waals surface area contributed by atoms with Crippen molar-refractivity contribution in [2.45, 2.75) is 26.2 Å². The van der Waals surface area contributed by atoms with Crippen LogP contribution in [0.1, 0.15) is 25.3 Å². The second kappa shape index (κ2) is 4.70. The molecular weight excluding hydrogens is 319 g/mol. The topological polar surface area (TPSA) is 20.2 Å². The molecule has 0 unspecified atom stereocenters. The van der Waals surface area contributed by atoms with Crippen molar-refractivity contribution in [1.29, 1.82) is 0 Å². The Bertz CT molecular complexity index is 476. The zero-order valence-electron chi connectivity index (χ0n) is 8.59. The number of benzene rings is 1. The van der Waals surface area contributed by atoms with Gasteiger partial charge in [-0.3, -0.25) is 0 Å². The third kappa shape index (κ3) is 2.13. The van der Waals surface area contributed by atoms with Gasteiger partial charge in [0.25, 0.3) is 0 Å². The van der Waals surface area contributed by atoms with Gasteiger partial charge in [0.05, 0.1) is 3.57 Å². The number of aryl methyl sites for hydroxylation is 1. The Morgan fingerprint density at radius 3 is 3.00 bits per heavy atom. The molecule has 0 amide bonds. The van der Waals surface area contributed by atoms with Crippen LogP contribution in [0.4, 0.5) is 0 Å². The fourth-order valence-corrected chi connectivity index (χ4v) is 3.52. The summed E-state index contributed by atoms with van der Waals surface area (Å²) < 4.78 is 2.28. The van der Waals surface area contributed by atoms with Crippen LogP contribution < -0.4 is 0 Å². The lowest BCUT2D eigenvalue weighted by Crippen LogP contribution is -1.88. The maximum atomic E-state index is 10.0. The van der Waals surface area contributed by atoms with Crippen molar-refractivity contribution in [3.8, 4) is 5.75 Å². The molecule has 1 heterocycles. The van der Waals surface area contributed by atoms with Crippen LogP contribution in [-0.2, 0) is 6.42 Å². The minimum atomic E-state index is 0.481. The van der Waals surface area contributed by atoms with Gasteiger partial charge in [-0.25, -0.2) is 0 Å². The van der Waals surface area contributed by atoms with Gasteiger partial charge in [0.2, 0.25) is 0 Å². The van der Waals surface area contributed by atoms with Crippen LogP contribution in [0, 0.1) is 3.57 Å². The smallest absolute Gasteiger partial charge is 0.132 e. The van der Waals surface area contributed by atoms with Gasteiger partial charge in [-0.2, -0.15) is 0 Å². The molecule has 0 radical (unpaired) electrons. The van der Waals surface area contributed by atoms with Gasteiger partial charge < -0.3 is 5.11 Å². The minimum Gasteiger partial charge on any atom is -0.507 e. The van der Waals surface area contributed by atoms with E-state index >= 15 is 0 Å². The first-order chi connectivity index (χ1) is 7.24. The fraction of sp³-hybridized carbons (Fsp3) is 0.333. The second-order valence-corrected chi connectivity index (χ2v) is 5.66. The molecular formula is C12H13IOS. The Morgan fingerprint density at radius 2 is 2.27 bits per heavy atom. The van der Waals surface area contributed by atoms with Gasteiger partial charge >= 0.3 is 0 Å². The Morgan fingerprint density at radius 1 is 1.47 bits per heavy atom. The highest BCUT2D eigenvalue weighted by Crippen LogP contribution is 2.35. The van der Waals surface area contributed by atoms with Crippen LogP contribution in [0.15, 0.2) is 17.5 Å². The van der Waals surface area contributed by atoms with E-state index in [1.807, 2.05) is 0 Å². The van der Waals surface area contributed by atoms with E-state index in [1.165, 1.54) is 16.5 Å². The molecule has 0 aliphatic rings. The van der Waals surface area contributed by atoms with Gasteiger partial charge in [0.15, 0.2) is 0 Å². The summed E-state index contributed by atoms with van der Waals surface area (Å²) in [5.41, 5.74) is 1.09. The van der Waals surface area contributed by atoms with E-state index in [4.69, 9.17) is 0 Å². The van der Waals surface area contributed by atoms with Crippen LogP contribution in [0.5, 0.6) is 5.75 Å². The average Bonchev–Trinajstić information content (AvgIpc) is 2.69. The molecule has 2 rings (SSSR count). The number of rotatable bonds is 3. The predicted octanol–water partition coefficient (Wildman–Crippen LogP) is 4.55. The van der Waals surface area contributed by atoms with Crippen LogP contribution >= 0.6 is 33.9 Å². The van der Waals surface area contributed by atoms with Crippen molar-refractivity contribution in [3.05, 3.63) is 26.6 Å². The molecule has 0 aliphatic heterocycles. The first kappa shape index (κ1) is 11.2. The van der Waals surface area contributed by atoms with Crippen molar-refractivity contribution in [2.24, 2.45) is 0 Å². The summed E-state index contributed by atoms with van der Waals surface area (Å²) in [5, 5.41) is 13.3. The standard InChI is InChI=1S/C12H13IOS/c1-2-3-4-8-7-10-9(5-6-15-10)11(13)12(8)14/h5-7,14H,2-4H2,1H3. The summed E-state index contributed by atoms with van der Waals surface area (Å²) in [6.45, 7) is 2.17. The van der Waals surface area contributed by atoms with E-state index in [2.05, 4.69) is 47.0 Å². The SMILES string of the molecule is CCCCc1cc2sccc2c(I)c1O. The number of hydrogen-bond donors (Lipinski definition) is 1. The van der Waals surface area contributed by atoms with Crippen molar-refractivity contribution in [3.63, 3.8) is 0 Å². The Kier molecular flexibility index (Phi) is 3.51. The van der Waals surface area contributed by atoms with Crippen molar-refractivity contribution in [1.82, 2.24) is 0 Å². The zero-order chi connectivity index (χ0) is 10.8. The van der Waals surface area contributed by atoms with Crippen molar-refractivity contribution >= 4 is 44.0 Å². The van der Waals surface area contributed by atoms with E-state index in [0.29, 0.717) is 5.75 Å². The molecule has 15 heavy (non-hydrogen) atoms. The maximum Gasteiger partial charge on any atom is 0.132 e. The van der Waals surface area contributed by atoms with Crippen molar-refractivity contribution < 1.29 is 5.11 Å². The summed E-state index contributed by atoms with van der Waals surface area (Å²) >= 11 is 3.98. The lowest BCUT2D eigenvalue weighted by atomic mass is 10.1. The van der Waals surface area contributed by atoms with Gasteiger partial charge in [-0.15, -0.1) is 11.3 Å². The summed E-state index contributed by atoms with van der Waals surface area (Å²) in [7, 11) is 0. The normalized spacial score (nSPS) is 11.1. The largest absolute Gasteiger partial charge is 0.507 e. The highest BCUT2D eigenvalue weighted by atomic mass is 127. The zero-order valence-corrected chi connectivity index (χ0v) is 11.6. The summed E-state index contributed by atoms with van der Waals surface area (Å²) in [4.78, 5) is 0. The minimum absolute atomic E-state index is 0.481. The molecule has 80 valence electrons. The lowest BCUT2D eigenvalue weighted by Gasteiger charge is -2.07. The monoisotopic (exact) mass is 332 g/mol. The number of aromatic hydroxyl groups is 1. The van der Waals surface area contributed by atoms with E-state index < -0.39 is 0 Å². The first-order valence-corrected chi connectivity index (χ1v) is 7.07. The molecule has 1 N–H and O–H groups in total.